The second-order valence-corrected chi connectivity index (χ2v) is 6.68. The molecule has 3 heterocycles. The fourth-order valence-corrected chi connectivity index (χ4v) is 3.48. The van der Waals surface area contributed by atoms with Crippen molar-refractivity contribution in [3.05, 3.63) is 53.6 Å². The SMILES string of the molecule is O=C1NCC(c2c[nH]c3nc(C4CCC4)ncc23)Oc2ccccc21. The summed E-state index contributed by atoms with van der Waals surface area (Å²) < 4.78 is 6.13. The average molecular weight is 334 g/mol. The molecule has 1 fully saturated rings. The molecule has 0 bridgehead atoms. The topological polar surface area (TPSA) is 79.9 Å². The Morgan fingerprint density at radius 3 is 2.92 bits per heavy atom. The highest BCUT2D eigenvalue weighted by atomic mass is 16.5. The maximum atomic E-state index is 12.2. The third kappa shape index (κ3) is 2.36. The Kier molecular flexibility index (Phi) is 3.23. The molecule has 1 saturated carbocycles. The van der Waals surface area contributed by atoms with Crippen LogP contribution in [0.4, 0.5) is 0 Å². The van der Waals surface area contributed by atoms with Crippen LogP contribution in [0.5, 0.6) is 5.75 Å². The van der Waals surface area contributed by atoms with Gasteiger partial charge >= 0.3 is 0 Å². The van der Waals surface area contributed by atoms with Crippen LogP contribution in [0, 0.1) is 0 Å². The average Bonchev–Trinajstić information content (AvgIpc) is 2.92. The van der Waals surface area contributed by atoms with Crippen LogP contribution in [0.1, 0.15) is 53.0 Å². The van der Waals surface area contributed by atoms with Crippen molar-refractivity contribution in [2.24, 2.45) is 0 Å². The smallest absolute Gasteiger partial charge is 0.255 e. The van der Waals surface area contributed by atoms with Gasteiger partial charge in [-0.15, -0.1) is 0 Å². The zero-order valence-electron chi connectivity index (χ0n) is 13.7. The van der Waals surface area contributed by atoms with E-state index in [1.165, 1.54) is 19.3 Å². The van der Waals surface area contributed by atoms with Crippen molar-refractivity contribution < 1.29 is 9.53 Å². The monoisotopic (exact) mass is 334 g/mol. The molecule has 25 heavy (non-hydrogen) atoms. The van der Waals surface area contributed by atoms with E-state index in [1.807, 2.05) is 30.6 Å². The second kappa shape index (κ2) is 5.58. The summed E-state index contributed by atoms with van der Waals surface area (Å²) in [5, 5.41) is 3.88. The minimum Gasteiger partial charge on any atom is -0.483 e. The van der Waals surface area contributed by atoms with Crippen LogP contribution >= 0.6 is 0 Å². The summed E-state index contributed by atoms with van der Waals surface area (Å²) in [7, 11) is 0. The van der Waals surface area contributed by atoms with E-state index in [0.717, 1.165) is 22.4 Å². The normalized spacial score (nSPS) is 20.3. The molecule has 1 atom stereocenters. The largest absolute Gasteiger partial charge is 0.483 e. The van der Waals surface area contributed by atoms with E-state index in [9.17, 15) is 4.79 Å². The molecule has 2 aliphatic rings. The van der Waals surface area contributed by atoms with Crippen molar-refractivity contribution in [2.45, 2.75) is 31.3 Å². The van der Waals surface area contributed by atoms with Gasteiger partial charge in [0.05, 0.1) is 12.1 Å². The lowest BCUT2D eigenvalue weighted by Gasteiger charge is -2.23. The molecule has 1 aliphatic carbocycles. The number of H-pyrrole nitrogens is 1. The Bertz CT molecular complexity index is 961. The van der Waals surface area contributed by atoms with Gasteiger partial charge in [-0.25, -0.2) is 9.97 Å². The maximum absolute atomic E-state index is 12.2. The number of carbonyl (C=O) groups excluding carboxylic acids is 1. The maximum Gasteiger partial charge on any atom is 0.255 e. The Morgan fingerprint density at radius 2 is 2.08 bits per heavy atom. The molecule has 2 aromatic heterocycles. The van der Waals surface area contributed by atoms with E-state index in [2.05, 4.69) is 20.3 Å². The predicted octanol–water partition coefficient (Wildman–Crippen LogP) is 3.09. The van der Waals surface area contributed by atoms with E-state index in [-0.39, 0.29) is 12.0 Å². The number of nitrogens with one attached hydrogen (secondary N) is 2. The van der Waals surface area contributed by atoms with Crippen molar-refractivity contribution in [3.8, 4) is 5.75 Å². The highest BCUT2D eigenvalue weighted by Crippen LogP contribution is 2.36. The van der Waals surface area contributed by atoms with Gasteiger partial charge in [-0.2, -0.15) is 0 Å². The van der Waals surface area contributed by atoms with E-state index >= 15 is 0 Å². The molecule has 6 nitrogen and oxygen atoms in total. The Morgan fingerprint density at radius 1 is 1.20 bits per heavy atom. The summed E-state index contributed by atoms with van der Waals surface area (Å²) in [5.74, 6) is 1.91. The van der Waals surface area contributed by atoms with Gasteiger partial charge in [0.15, 0.2) is 0 Å². The van der Waals surface area contributed by atoms with Gasteiger partial charge in [-0.1, -0.05) is 18.6 Å². The molecule has 0 spiro atoms. The van der Waals surface area contributed by atoms with E-state index in [1.54, 1.807) is 6.07 Å². The Hall–Kier alpha value is -2.89. The van der Waals surface area contributed by atoms with Crippen molar-refractivity contribution in [1.29, 1.82) is 0 Å². The number of fused-ring (bicyclic) bond motifs is 2. The fraction of sp³-hybridized carbons (Fsp3) is 0.316. The van der Waals surface area contributed by atoms with Gasteiger partial charge in [-0.3, -0.25) is 4.79 Å². The number of ether oxygens (including phenoxy) is 1. The molecule has 1 amide bonds. The minimum atomic E-state index is -0.278. The highest BCUT2D eigenvalue weighted by molar-refractivity contribution is 5.97. The molecule has 0 saturated heterocycles. The number of amides is 1. The zero-order valence-corrected chi connectivity index (χ0v) is 13.7. The molecule has 5 rings (SSSR count). The lowest BCUT2D eigenvalue weighted by Crippen LogP contribution is -2.26. The summed E-state index contributed by atoms with van der Waals surface area (Å²) in [6.45, 7) is 0.408. The van der Waals surface area contributed by atoms with Crippen LogP contribution in [0.25, 0.3) is 11.0 Å². The highest BCUT2D eigenvalue weighted by Gasteiger charge is 2.27. The number of hydrogen-bond acceptors (Lipinski definition) is 4. The van der Waals surface area contributed by atoms with Crippen LogP contribution in [0.2, 0.25) is 0 Å². The van der Waals surface area contributed by atoms with Gasteiger partial charge in [0.25, 0.3) is 5.91 Å². The van der Waals surface area contributed by atoms with Crippen molar-refractivity contribution in [3.63, 3.8) is 0 Å². The number of hydrogen-bond donors (Lipinski definition) is 2. The fourth-order valence-electron chi connectivity index (χ4n) is 3.48. The quantitative estimate of drug-likeness (QED) is 0.755. The molecule has 0 radical (unpaired) electrons. The summed E-state index contributed by atoms with van der Waals surface area (Å²) in [6, 6.07) is 7.31. The van der Waals surface area contributed by atoms with Gasteiger partial charge < -0.3 is 15.0 Å². The molecular formula is C19H18N4O2. The second-order valence-electron chi connectivity index (χ2n) is 6.68. The first-order chi connectivity index (χ1) is 12.3. The van der Waals surface area contributed by atoms with Crippen LogP contribution in [0.15, 0.2) is 36.7 Å². The molecule has 1 aliphatic heterocycles. The zero-order chi connectivity index (χ0) is 16.8. The number of carbonyl (C=O) groups is 1. The molecule has 2 N–H and O–H groups in total. The van der Waals surface area contributed by atoms with Gasteiger partial charge in [0, 0.05) is 29.3 Å². The van der Waals surface area contributed by atoms with Crippen molar-refractivity contribution >= 4 is 16.9 Å². The summed E-state index contributed by atoms with van der Waals surface area (Å²) in [4.78, 5) is 24.7. The van der Waals surface area contributed by atoms with E-state index in [4.69, 9.17) is 4.74 Å². The van der Waals surface area contributed by atoms with E-state index in [0.29, 0.717) is 23.8 Å². The number of rotatable bonds is 2. The summed E-state index contributed by atoms with van der Waals surface area (Å²) in [5.41, 5.74) is 2.36. The van der Waals surface area contributed by atoms with Gasteiger partial charge in [0.1, 0.15) is 23.3 Å². The molecular weight excluding hydrogens is 316 g/mol. The lowest BCUT2D eigenvalue weighted by molar-refractivity contribution is 0.0951. The standard InChI is InChI=1S/C19H18N4O2/c24-19-12-6-1-2-7-15(12)25-16(10-22-19)13-8-21-18-14(13)9-20-17(23-18)11-4-3-5-11/h1-2,6-9,11,16H,3-5,10H2,(H,22,24)(H,20,21,23). The van der Waals surface area contributed by atoms with Gasteiger partial charge in [-0.05, 0) is 25.0 Å². The Labute approximate surface area is 144 Å². The summed E-state index contributed by atoms with van der Waals surface area (Å²) >= 11 is 0. The lowest BCUT2D eigenvalue weighted by atomic mass is 9.85. The summed E-state index contributed by atoms with van der Waals surface area (Å²) in [6.07, 6.45) is 7.12. The predicted molar refractivity (Wildman–Crippen MR) is 92.6 cm³/mol. The van der Waals surface area contributed by atoms with Crippen LogP contribution < -0.4 is 10.1 Å². The van der Waals surface area contributed by atoms with Crippen molar-refractivity contribution in [1.82, 2.24) is 20.3 Å². The van der Waals surface area contributed by atoms with E-state index < -0.39 is 0 Å². The van der Waals surface area contributed by atoms with Gasteiger partial charge in [0.2, 0.25) is 0 Å². The number of aromatic amines is 1. The van der Waals surface area contributed by atoms with Crippen LogP contribution in [-0.4, -0.2) is 27.4 Å². The van der Waals surface area contributed by atoms with Crippen LogP contribution in [-0.2, 0) is 0 Å². The third-order valence-electron chi connectivity index (χ3n) is 5.15. The number of aromatic nitrogens is 3. The van der Waals surface area contributed by atoms with Crippen molar-refractivity contribution in [2.75, 3.05) is 6.54 Å². The minimum absolute atomic E-state index is 0.110. The number of nitrogens with zero attached hydrogens (tertiary/aromatic N) is 2. The molecule has 1 unspecified atom stereocenters. The molecule has 1 aromatic carbocycles. The first-order valence-corrected chi connectivity index (χ1v) is 8.67. The molecule has 126 valence electrons. The number of benzene rings is 1. The number of para-hydroxylation sites is 1. The first kappa shape index (κ1) is 14.5. The Balaban J connectivity index is 1.51. The van der Waals surface area contributed by atoms with Crippen LogP contribution in [0.3, 0.4) is 0 Å². The third-order valence-corrected chi connectivity index (χ3v) is 5.15. The molecule has 3 aromatic rings. The molecule has 6 heteroatoms. The first-order valence-electron chi connectivity index (χ1n) is 8.67.